The number of aromatic nitrogens is 1. The van der Waals surface area contributed by atoms with E-state index >= 15 is 0 Å². The average molecular weight is 596 g/mol. The lowest BCUT2D eigenvalue weighted by molar-refractivity contribution is 1.36. The van der Waals surface area contributed by atoms with Crippen molar-refractivity contribution < 1.29 is 0 Å². The van der Waals surface area contributed by atoms with Crippen LogP contribution in [-0.4, -0.2) is 4.40 Å². The van der Waals surface area contributed by atoms with Gasteiger partial charge in [0.2, 0.25) is 0 Å². The fourth-order valence-corrected chi connectivity index (χ4v) is 7.26. The Labute approximate surface area is 271 Å². The van der Waals surface area contributed by atoms with Crippen LogP contribution in [0.2, 0.25) is 0 Å². The lowest BCUT2D eigenvalue weighted by atomic mass is 9.93. The number of benzene rings is 7. The number of hydrogen-bond donors (Lipinski definition) is 0. The molecular weight excluding hydrogens is 571 g/mol. The normalized spacial score (nSPS) is 11.4. The summed E-state index contributed by atoms with van der Waals surface area (Å²) >= 11 is 0. The number of nitrogens with zero attached hydrogens (tertiary/aromatic N) is 3. The Morgan fingerprint density at radius 3 is 1.17 bits per heavy atom. The zero-order valence-electron chi connectivity index (χ0n) is 25.3. The Balaban J connectivity index is 1.31. The molecule has 9 rings (SSSR count). The highest BCUT2D eigenvalue weighted by molar-refractivity contribution is 6.28. The first-order valence-electron chi connectivity index (χ1n) is 15.6. The molecule has 0 bridgehead atoms. The molecule has 0 atom stereocenters. The molecule has 0 radical (unpaired) electrons. The van der Waals surface area contributed by atoms with Crippen LogP contribution in [-0.2, 0) is 0 Å². The summed E-state index contributed by atoms with van der Waals surface area (Å²) in [7, 11) is 0. The number of hydrogen-bond acceptors (Lipinski definition) is 2. The van der Waals surface area contributed by atoms with Gasteiger partial charge in [0.25, 0.3) is 0 Å². The van der Waals surface area contributed by atoms with Gasteiger partial charge in [0, 0.05) is 21.5 Å². The van der Waals surface area contributed by atoms with Gasteiger partial charge in [0.1, 0.15) is 0 Å². The van der Waals surface area contributed by atoms with E-state index in [1.165, 1.54) is 11.1 Å². The van der Waals surface area contributed by atoms with Crippen molar-refractivity contribution in [3.05, 3.63) is 163 Å². The van der Waals surface area contributed by atoms with Crippen LogP contribution in [0.25, 0.3) is 82.6 Å². The molecule has 0 fully saturated rings. The molecule has 3 heteroatoms. The van der Waals surface area contributed by atoms with Gasteiger partial charge in [-0.05, 0) is 68.8 Å². The van der Waals surface area contributed by atoms with Crippen molar-refractivity contribution in [2.75, 3.05) is 0 Å². The highest BCUT2D eigenvalue weighted by Crippen LogP contribution is 2.46. The molecular formula is C44H25N3. The molecule has 0 unspecified atom stereocenters. The van der Waals surface area contributed by atoms with Crippen molar-refractivity contribution in [3.63, 3.8) is 0 Å². The van der Waals surface area contributed by atoms with Gasteiger partial charge < -0.3 is 4.40 Å². The largest absolute Gasteiger partial charge is 0.308 e. The summed E-state index contributed by atoms with van der Waals surface area (Å²) in [6.07, 6.45) is 0. The number of para-hydroxylation sites is 1. The van der Waals surface area contributed by atoms with Crippen LogP contribution < -0.4 is 0 Å². The number of fused-ring (bicyclic) bond motifs is 6. The molecule has 2 aromatic heterocycles. The van der Waals surface area contributed by atoms with Crippen LogP contribution >= 0.6 is 0 Å². The van der Waals surface area contributed by atoms with Crippen molar-refractivity contribution in [3.8, 4) is 56.6 Å². The van der Waals surface area contributed by atoms with Gasteiger partial charge in [0.05, 0.1) is 39.8 Å². The molecule has 0 aliphatic carbocycles. The van der Waals surface area contributed by atoms with Gasteiger partial charge in [-0.2, -0.15) is 10.5 Å². The first-order valence-corrected chi connectivity index (χ1v) is 15.6. The van der Waals surface area contributed by atoms with E-state index in [-0.39, 0.29) is 0 Å². The van der Waals surface area contributed by atoms with Crippen molar-refractivity contribution in [1.29, 1.82) is 10.5 Å². The van der Waals surface area contributed by atoms with Gasteiger partial charge in [-0.3, -0.25) is 0 Å². The molecule has 2 heterocycles. The van der Waals surface area contributed by atoms with E-state index in [0.717, 1.165) is 71.5 Å². The predicted molar refractivity (Wildman–Crippen MR) is 192 cm³/mol. The molecule has 0 aliphatic heterocycles. The minimum Gasteiger partial charge on any atom is -0.308 e. The van der Waals surface area contributed by atoms with Gasteiger partial charge in [0.15, 0.2) is 0 Å². The molecule has 9 aromatic rings. The Hall–Kier alpha value is -6.68. The first-order chi connectivity index (χ1) is 23.2. The van der Waals surface area contributed by atoms with E-state index in [4.69, 9.17) is 0 Å². The Morgan fingerprint density at radius 1 is 0.383 bits per heavy atom. The molecule has 0 N–H and O–H groups in total. The van der Waals surface area contributed by atoms with Crippen LogP contribution in [0.3, 0.4) is 0 Å². The maximum absolute atomic E-state index is 10.2. The van der Waals surface area contributed by atoms with Crippen molar-refractivity contribution in [1.82, 2.24) is 4.40 Å². The third kappa shape index (κ3) is 4.12. The van der Waals surface area contributed by atoms with Gasteiger partial charge in [-0.25, -0.2) is 0 Å². The summed E-state index contributed by atoms with van der Waals surface area (Å²) in [6.45, 7) is 0. The Kier molecular flexibility index (Phi) is 5.94. The molecule has 0 saturated carbocycles. The molecule has 47 heavy (non-hydrogen) atoms. The SMILES string of the molecule is N#Cc1cc(-c2ccc(-c3ccccc3)cc2)c2c3cccc4c5c(-c6ccc(-c7ccccc7)cc6)cc(C#N)cc5n(c2c1)c34. The lowest BCUT2D eigenvalue weighted by Crippen LogP contribution is -1.89. The van der Waals surface area contributed by atoms with E-state index in [1.54, 1.807) is 0 Å². The van der Waals surface area contributed by atoms with Crippen molar-refractivity contribution in [2.24, 2.45) is 0 Å². The summed E-state index contributed by atoms with van der Waals surface area (Å²) in [6, 6.07) is 57.2. The standard InChI is InChI=1S/C44H25N3/c45-26-28-22-38(34-18-14-32(15-19-34)30-8-3-1-4-9-30)42-36-12-7-13-37-43-39(35-20-16-33(17-21-35)31-10-5-2-6-11-31)23-29(27-46)25-41(43)47(44(36)37)40(42)24-28/h1-25H. The van der Waals surface area contributed by atoms with Crippen molar-refractivity contribution in [2.45, 2.75) is 0 Å². The van der Waals surface area contributed by atoms with Crippen LogP contribution in [0.5, 0.6) is 0 Å². The van der Waals surface area contributed by atoms with E-state index in [2.05, 4.69) is 132 Å². The number of rotatable bonds is 4. The predicted octanol–water partition coefficient (Wildman–Crippen LogP) is 11.2. The summed E-state index contributed by atoms with van der Waals surface area (Å²) < 4.78 is 2.26. The lowest BCUT2D eigenvalue weighted by Gasteiger charge is -2.10. The topological polar surface area (TPSA) is 52.0 Å². The van der Waals surface area contributed by atoms with Crippen LogP contribution in [0.15, 0.2) is 152 Å². The monoisotopic (exact) mass is 595 g/mol. The Bertz CT molecular complexity index is 2520. The second-order valence-electron chi connectivity index (χ2n) is 12.0. The maximum atomic E-state index is 10.2. The molecule has 0 spiro atoms. The van der Waals surface area contributed by atoms with Crippen LogP contribution in [0.4, 0.5) is 0 Å². The molecule has 0 saturated heterocycles. The molecule has 0 aliphatic rings. The summed E-state index contributed by atoms with van der Waals surface area (Å²) in [5.74, 6) is 0. The zero-order valence-corrected chi connectivity index (χ0v) is 25.3. The fourth-order valence-electron chi connectivity index (χ4n) is 7.26. The van der Waals surface area contributed by atoms with E-state index in [9.17, 15) is 10.5 Å². The maximum Gasteiger partial charge on any atom is 0.0992 e. The quantitative estimate of drug-likeness (QED) is 0.203. The van der Waals surface area contributed by atoms with Gasteiger partial charge >= 0.3 is 0 Å². The average Bonchev–Trinajstić information content (AvgIpc) is 3.67. The highest BCUT2D eigenvalue weighted by atomic mass is 14.9. The zero-order chi connectivity index (χ0) is 31.5. The summed E-state index contributed by atoms with van der Waals surface area (Å²) in [5.41, 5.74) is 13.0. The van der Waals surface area contributed by atoms with E-state index in [1.807, 2.05) is 36.4 Å². The molecule has 0 amide bonds. The molecule has 216 valence electrons. The van der Waals surface area contributed by atoms with Gasteiger partial charge in [-0.1, -0.05) is 127 Å². The first kappa shape index (κ1) is 26.7. The smallest absolute Gasteiger partial charge is 0.0992 e. The van der Waals surface area contributed by atoms with Gasteiger partial charge in [-0.15, -0.1) is 0 Å². The second-order valence-corrected chi connectivity index (χ2v) is 12.0. The third-order valence-electron chi connectivity index (χ3n) is 9.38. The minimum absolute atomic E-state index is 0.599. The van der Waals surface area contributed by atoms with Crippen LogP contribution in [0.1, 0.15) is 11.1 Å². The van der Waals surface area contributed by atoms with Crippen LogP contribution in [0, 0.1) is 22.7 Å². The third-order valence-corrected chi connectivity index (χ3v) is 9.38. The Morgan fingerprint density at radius 2 is 0.766 bits per heavy atom. The van der Waals surface area contributed by atoms with E-state index < -0.39 is 0 Å². The van der Waals surface area contributed by atoms with Crippen molar-refractivity contribution >= 4 is 38.1 Å². The second kappa shape index (κ2) is 10.5. The fraction of sp³-hybridized carbons (Fsp3) is 0. The summed E-state index contributed by atoms with van der Waals surface area (Å²) in [5, 5.41) is 24.8. The van der Waals surface area contributed by atoms with E-state index in [0.29, 0.717) is 11.1 Å². The summed E-state index contributed by atoms with van der Waals surface area (Å²) in [4.78, 5) is 0. The molecule has 7 aromatic carbocycles. The minimum atomic E-state index is 0.599. The highest BCUT2D eigenvalue weighted by Gasteiger charge is 2.23. The number of nitriles is 2. The molecule has 3 nitrogen and oxygen atoms in total.